The number of piperidine rings is 1. The number of halogens is 1. The molecular weight excluding hydrogens is 533 g/mol. The molecule has 6 rings (SSSR count). The van der Waals surface area contributed by atoms with E-state index in [0.29, 0.717) is 28.9 Å². The molecule has 0 bridgehead atoms. The Bertz CT molecular complexity index is 1520. The number of hydrogen-bond donors (Lipinski definition) is 2. The van der Waals surface area contributed by atoms with Crippen molar-refractivity contribution in [3.8, 4) is 17.0 Å². The highest BCUT2D eigenvalue weighted by atomic mass is 19.1. The van der Waals surface area contributed by atoms with Crippen LogP contribution < -0.4 is 20.3 Å². The van der Waals surface area contributed by atoms with Gasteiger partial charge in [-0.05, 0) is 55.7 Å². The summed E-state index contributed by atoms with van der Waals surface area (Å²) in [6.45, 7) is 7.94. The molecule has 10 heteroatoms. The first-order valence-corrected chi connectivity index (χ1v) is 14.4. The molecule has 2 fully saturated rings. The fourth-order valence-electron chi connectivity index (χ4n) is 5.80. The maximum Gasteiger partial charge on any atom is 0.144 e. The smallest absolute Gasteiger partial charge is 0.144 e. The predicted molar refractivity (Wildman–Crippen MR) is 164 cm³/mol. The van der Waals surface area contributed by atoms with Crippen molar-refractivity contribution in [1.29, 1.82) is 0 Å². The number of aryl methyl sites for hydroxylation is 1. The lowest BCUT2D eigenvalue weighted by molar-refractivity contribution is 0.0115. The van der Waals surface area contributed by atoms with Crippen molar-refractivity contribution in [3.05, 3.63) is 78.5 Å². The molecule has 42 heavy (non-hydrogen) atoms. The zero-order valence-corrected chi connectivity index (χ0v) is 24.0. The highest BCUT2D eigenvalue weighted by molar-refractivity contribution is 5.73. The summed E-state index contributed by atoms with van der Waals surface area (Å²) in [5.74, 6) is 1.65. The topological polar surface area (TPSA) is 87.7 Å². The second-order valence-electron chi connectivity index (χ2n) is 10.7. The van der Waals surface area contributed by atoms with Gasteiger partial charge in [0.1, 0.15) is 29.5 Å². The van der Waals surface area contributed by atoms with Gasteiger partial charge in [0.15, 0.2) is 0 Å². The highest BCUT2D eigenvalue weighted by Gasteiger charge is 2.27. The summed E-state index contributed by atoms with van der Waals surface area (Å²) >= 11 is 0. The predicted octanol–water partition coefficient (Wildman–Crippen LogP) is 5.78. The minimum absolute atomic E-state index is 0.316. The Hall–Kier alpha value is -4.28. The molecule has 4 aromatic rings. The first-order chi connectivity index (χ1) is 20.6. The van der Waals surface area contributed by atoms with Crippen molar-refractivity contribution in [3.63, 3.8) is 0 Å². The SMILES string of the molecule is COc1cc(N2CCC(N3CCOCC3)CC2)c(C)cc1Nc1cc(Nc2ccnc(-c3ccccc3F)c2)ncn1. The molecule has 9 nitrogen and oxygen atoms in total. The zero-order chi connectivity index (χ0) is 28.9. The van der Waals surface area contributed by atoms with Crippen molar-refractivity contribution in [2.24, 2.45) is 0 Å². The van der Waals surface area contributed by atoms with E-state index in [2.05, 4.69) is 54.4 Å². The molecule has 0 spiro atoms. The Labute approximate surface area is 245 Å². The molecule has 0 aliphatic carbocycles. The third-order valence-corrected chi connectivity index (χ3v) is 8.00. The second-order valence-corrected chi connectivity index (χ2v) is 10.7. The molecule has 0 unspecified atom stereocenters. The van der Waals surface area contributed by atoms with Gasteiger partial charge in [-0.3, -0.25) is 9.88 Å². The molecule has 0 saturated carbocycles. The number of nitrogens with zero attached hydrogens (tertiary/aromatic N) is 5. The maximum absolute atomic E-state index is 14.3. The summed E-state index contributed by atoms with van der Waals surface area (Å²) in [6, 6.07) is 16.9. The van der Waals surface area contributed by atoms with Gasteiger partial charge in [0.25, 0.3) is 0 Å². The molecule has 2 aromatic carbocycles. The number of aromatic nitrogens is 3. The Morgan fingerprint density at radius 2 is 1.67 bits per heavy atom. The first kappa shape index (κ1) is 27.9. The number of morpholine rings is 1. The van der Waals surface area contributed by atoms with E-state index in [1.807, 2.05) is 12.1 Å². The van der Waals surface area contributed by atoms with Crippen molar-refractivity contribution in [2.45, 2.75) is 25.8 Å². The summed E-state index contributed by atoms with van der Waals surface area (Å²) in [6.07, 6.45) is 5.44. The highest BCUT2D eigenvalue weighted by Crippen LogP contribution is 2.36. The van der Waals surface area contributed by atoms with E-state index < -0.39 is 0 Å². The van der Waals surface area contributed by atoms with Crippen LogP contribution >= 0.6 is 0 Å². The Morgan fingerprint density at radius 1 is 0.905 bits per heavy atom. The number of ether oxygens (including phenoxy) is 2. The fourth-order valence-corrected chi connectivity index (χ4v) is 5.80. The van der Waals surface area contributed by atoms with Crippen LogP contribution in [-0.4, -0.2) is 72.4 Å². The lowest BCUT2D eigenvalue weighted by atomic mass is 10.0. The van der Waals surface area contributed by atoms with Gasteiger partial charge in [0.2, 0.25) is 0 Å². The monoisotopic (exact) mass is 569 g/mol. The van der Waals surface area contributed by atoms with Crippen LogP contribution in [0.15, 0.2) is 67.1 Å². The minimum atomic E-state index is -0.316. The molecule has 4 heterocycles. The zero-order valence-electron chi connectivity index (χ0n) is 24.0. The molecule has 2 aromatic heterocycles. The standard InChI is InChI=1S/C32H36FN7O2/c1-22-17-28(30(41-2)19-29(22)40-11-8-24(9-12-40)39-13-15-42-16-14-39)38-32-20-31(35-21-36-32)37-23-7-10-34-27(18-23)25-5-3-4-6-26(25)33/h3-7,10,17-21,24H,8-9,11-16H2,1-2H3,(H2,34,35,36,37,38). The number of methoxy groups -OCH3 is 1. The largest absolute Gasteiger partial charge is 0.494 e. The number of rotatable bonds is 8. The number of pyridine rings is 1. The Morgan fingerprint density at radius 3 is 2.43 bits per heavy atom. The lowest BCUT2D eigenvalue weighted by Gasteiger charge is -2.41. The minimum Gasteiger partial charge on any atom is -0.494 e. The molecule has 0 atom stereocenters. The van der Waals surface area contributed by atoms with E-state index in [-0.39, 0.29) is 5.82 Å². The Kier molecular flexibility index (Phi) is 8.43. The number of benzene rings is 2. The maximum atomic E-state index is 14.3. The average molecular weight is 570 g/mol. The van der Waals surface area contributed by atoms with Crippen molar-refractivity contribution < 1.29 is 13.9 Å². The van der Waals surface area contributed by atoms with Crippen LogP contribution in [0.1, 0.15) is 18.4 Å². The normalized spacial score (nSPS) is 16.3. The van der Waals surface area contributed by atoms with Crippen LogP contribution in [0.4, 0.5) is 33.1 Å². The molecule has 0 radical (unpaired) electrons. The molecule has 2 aliphatic heterocycles. The molecular formula is C32H36FN7O2. The van der Waals surface area contributed by atoms with Gasteiger partial charge in [-0.2, -0.15) is 0 Å². The van der Waals surface area contributed by atoms with E-state index in [0.717, 1.165) is 69.4 Å². The third-order valence-electron chi connectivity index (χ3n) is 8.00. The van der Waals surface area contributed by atoms with E-state index in [1.165, 1.54) is 23.6 Å². The van der Waals surface area contributed by atoms with E-state index in [1.54, 1.807) is 37.6 Å². The van der Waals surface area contributed by atoms with Crippen LogP contribution in [0.2, 0.25) is 0 Å². The molecule has 218 valence electrons. The summed E-state index contributed by atoms with van der Waals surface area (Å²) in [4.78, 5) is 18.2. The third kappa shape index (κ3) is 6.29. The van der Waals surface area contributed by atoms with Crippen molar-refractivity contribution in [2.75, 3.05) is 62.0 Å². The number of anilines is 5. The first-order valence-electron chi connectivity index (χ1n) is 14.4. The Balaban J connectivity index is 1.14. The summed E-state index contributed by atoms with van der Waals surface area (Å²) in [7, 11) is 1.69. The molecule has 2 saturated heterocycles. The van der Waals surface area contributed by atoms with Crippen LogP contribution in [0.5, 0.6) is 5.75 Å². The summed E-state index contributed by atoms with van der Waals surface area (Å²) in [5.41, 5.74) is 4.93. The van der Waals surface area contributed by atoms with Crippen LogP contribution in [-0.2, 0) is 4.74 Å². The second kappa shape index (κ2) is 12.7. The fraction of sp³-hybridized carbons (Fsp3) is 0.344. The number of nitrogens with one attached hydrogen (secondary N) is 2. The van der Waals surface area contributed by atoms with Crippen LogP contribution in [0, 0.1) is 12.7 Å². The quantitative estimate of drug-likeness (QED) is 0.274. The average Bonchev–Trinajstić information content (AvgIpc) is 3.02. The van der Waals surface area contributed by atoms with Gasteiger partial charge in [0.05, 0.1) is 31.7 Å². The van der Waals surface area contributed by atoms with Gasteiger partial charge in [-0.25, -0.2) is 14.4 Å². The van der Waals surface area contributed by atoms with Crippen molar-refractivity contribution in [1.82, 2.24) is 19.9 Å². The van der Waals surface area contributed by atoms with E-state index >= 15 is 0 Å². The van der Waals surface area contributed by atoms with Gasteiger partial charge in [-0.15, -0.1) is 0 Å². The van der Waals surface area contributed by atoms with Gasteiger partial charge in [0, 0.05) is 67.5 Å². The van der Waals surface area contributed by atoms with Gasteiger partial charge in [-0.1, -0.05) is 12.1 Å². The molecule has 2 aliphatic rings. The molecule has 2 N–H and O–H groups in total. The summed E-state index contributed by atoms with van der Waals surface area (Å²) < 4.78 is 25.6. The van der Waals surface area contributed by atoms with Gasteiger partial charge < -0.3 is 25.0 Å². The molecule has 0 amide bonds. The van der Waals surface area contributed by atoms with E-state index in [4.69, 9.17) is 9.47 Å². The van der Waals surface area contributed by atoms with Crippen LogP contribution in [0.3, 0.4) is 0 Å². The lowest BCUT2D eigenvalue weighted by Crippen LogP contribution is -2.49. The van der Waals surface area contributed by atoms with E-state index in [9.17, 15) is 4.39 Å². The number of hydrogen-bond acceptors (Lipinski definition) is 9. The van der Waals surface area contributed by atoms with Gasteiger partial charge >= 0.3 is 0 Å². The van der Waals surface area contributed by atoms with Crippen LogP contribution in [0.25, 0.3) is 11.3 Å². The van der Waals surface area contributed by atoms with Crippen molar-refractivity contribution >= 4 is 28.7 Å². The summed E-state index contributed by atoms with van der Waals surface area (Å²) in [5, 5.41) is 6.68.